The van der Waals surface area contributed by atoms with Crippen LogP contribution < -0.4 is 20.1 Å². The van der Waals surface area contributed by atoms with Gasteiger partial charge in [0.15, 0.2) is 0 Å². The number of anilines is 2. The number of ether oxygens (including phenoxy) is 3. The molecule has 170 valence electrons. The highest BCUT2D eigenvalue weighted by Gasteiger charge is 2.30. The topological polar surface area (TPSA) is 106 Å². The standard InChI is InChI=1S/C22H31N3O6/c1-3-30-18-14-17(24-22(28)15-5-6-15)19(31-4-2)13-16(18)23-20(26)7-8-21(27)25-9-11-29-12-10-25/h13-15H,3-12H2,1-2H3,(H,23,26)(H,24,28). The predicted molar refractivity (Wildman–Crippen MR) is 115 cm³/mol. The molecule has 9 nitrogen and oxygen atoms in total. The summed E-state index contributed by atoms with van der Waals surface area (Å²) in [5.41, 5.74) is 0.959. The van der Waals surface area contributed by atoms with E-state index in [1.807, 2.05) is 13.8 Å². The molecule has 0 atom stereocenters. The zero-order valence-electron chi connectivity index (χ0n) is 18.2. The molecule has 9 heteroatoms. The van der Waals surface area contributed by atoms with E-state index in [0.717, 1.165) is 12.8 Å². The second-order valence-corrected chi connectivity index (χ2v) is 7.52. The van der Waals surface area contributed by atoms with Crippen LogP contribution in [-0.2, 0) is 19.1 Å². The molecule has 2 fully saturated rings. The largest absolute Gasteiger partial charge is 0.492 e. The highest BCUT2D eigenvalue weighted by molar-refractivity contribution is 5.98. The van der Waals surface area contributed by atoms with Crippen molar-refractivity contribution >= 4 is 29.1 Å². The monoisotopic (exact) mass is 433 g/mol. The highest BCUT2D eigenvalue weighted by Crippen LogP contribution is 2.38. The van der Waals surface area contributed by atoms with Crippen molar-refractivity contribution in [2.24, 2.45) is 5.92 Å². The van der Waals surface area contributed by atoms with Crippen LogP contribution in [0.25, 0.3) is 0 Å². The molecular formula is C22H31N3O6. The van der Waals surface area contributed by atoms with Gasteiger partial charge in [-0.15, -0.1) is 0 Å². The van der Waals surface area contributed by atoms with Gasteiger partial charge in [0.25, 0.3) is 0 Å². The van der Waals surface area contributed by atoms with Crippen molar-refractivity contribution in [1.82, 2.24) is 4.90 Å². The number of nitrogens with one attached hydrogen (secondary N) is 2. The molecular weight excluding hydrogens is 402 g/mol. The summed E-state index contributed by atoms with van der Waals surface area (Å²) in [5, 5.41) is 5.71. The van der Waals surface area contributed by atoms with Crippen LogP contribution in [0.15, 0.2) is 12.1 Å². The molecule has 1 heterocycles. The van der Waals surface area contributed by atoms with Gasteiger partial charge in [0, 0.05) is 44.0 Å². The molecule has 1 aromatic carbocycles. The summed E-state index contributed by atoms with van der Waals surface area (Å²) in [7, 11) is 0. The van der Waals surface area contributed by atoms with Crippen LogP contribution in [0.2, 0.25) is 0 Å². The summed E-state index contributed by atoms with van der Waals surface area (Å²) < 4.78 is 16.6. The molecule has 3 rings (SSSR count). The maximum Gasteiger partial charge on any atom is 0.227 e. The molecule has 0 radical (unpaired) electrons. The summed E-state index contributed by atoms with van der Waals surface area (Å²) in [6.07, 6.45) is 1.98. The lowest BCUT2D eigenvalue weighted by Crippen LogP contribution is -2.40. The minimum absolute atomic E-state index is 0.0400. The van der Waals surface area contributed by atoms with E-state index < -0.39 is 0 Å². The predicted octanol–water partition coefficient (Wildman–Crippen LogP) is 2.41. The van der Waals surface area contributed by atoms with E-state index in [2.05, 4.69) is 10.6 Å². The van der Waals surface area contributed by atoms with Crippen molar-refractivity contribution in [3.05, 3.63) is 12.1 Å². The first kappa shape index (κ1) is 22.9. The van der Waals surface area contributed by atoms with Crippen molar-refractivity contribution in [2.75, 3.05) is 50.2 Å². The first-order valence-electron chi connectivity index (χ1n) is 10.9. The van der Waals surface area contributed by atoms with Crippen molar-refractivity contribution in [3.63, 3.8) is 0 Å². The fourth-order valence-corrected chi connectivity index (χ4v) is 3.29. The number of nitrogens with zero attached hydrogens (tertiary/aromatic N) is 1. The quantitative estimate of drug-likeness (QED) is 0.587. The number of morpholine rings is 1. The van der Waals surface area contributed by atoms with Crippen LogP contribution in [0.4, 0.5) is 11.4 Å². The molecule has 1 saturated carbocycles. The molecule has 2 aliphatic rings. The Kier molecular flexibility index (Phi) is 8.11. The number of carbonyl (C=O) groups is 3. The van der Waals surface area contributed by atoms with Crippen molar-refractivity contribution in [3.8, 4) is 11.5 Å². The van der Waals surface area contributed by atoms with Gasteiger partial charge in [0.1, 0.15) is 11.5 Å². The second kappa shape index (κ2) is 11.0. The Labute approximate surface area is 182 Å². The number of rotatable bonds is 10. The summed E-state index contributed by atoms with van der Waals surface area (Å²) in [5.74, 6) is 0.552. The van der Waals surface area contributed by atoms with Gasteiger partial charge in [-0.05, 0) is 26.7 Å². The molecule has 1 aromatic rings. The molecule has 3 amide bonds. The molecule has 2 N–H and O–H groups in total. The minimum atomic E-state index is -0.292. The zero-order valence-corrected chi connectivity index (χ0v) is 18.2. The third-order valence-electron chi connectivity index (χ3n) is 5.09. The molecule has 0 aromatic heterocycles. The van der Waals surface area contributed by atoms with Gasteiger partial charge < -0.3 is 29.7 Å². The van der Waals surface area contributed by atoms with Crippen molar-refractivity contribution < 1.29 is 28.6 Å². The number of amides is 3. The summed E-state index contributed by atoms with van der Waals surface area (Å²) >= 11 is 0. The van der Waals surface area contributed by atoms with E-state index in [1.54, 1.807) is 17.0 Å². The van der Waals surface area contributed by atoms with Gasteiger partial charge in [-0.2, -0.15) is 0 Å². The lowest BCUT2D eigenvalue weighted by atomic mass is 10.2. The van der Waals surface area contributed by atoms with E-state index in [1.165, 1.54) is 0 Å². The van der Waals surface area contributed by atoms with Crippen LogP contribution in [-0.4, -0.2) is 62.1 Å². The van der Waals surface area contributed by atoms with E-state index in [0.29, 0.717) is 62.4 Å². The van der Waals surface area contributed by atoms with E-state index in [-0.39, 0.29) is 36.5 Å². The lowest BCUT2D eigenvalue weighted by molar-refractivity contribution is -0.136. The van der Waals surface area contributed by atoms with Crippen LogP contribution in [0.5, 0.6) is 11.5 Å². The molecule has 1 saturated heterocycles. The first-order chi connectivity index (χ1) is 15.0. The fourth-order valence-electron chi connectivity index (χ4n) is 3.29. The van der Waals surface area contributed by atoms with Crippen LogP contribution in [0.1, 0.15) is 39.5 Å². The Balaban J connectivity index is 1.67. The summed E-state index contributed by atoms with van der Waals surface area (Å²) in [6, 6.07) is 3.32. The van der Waals surface area contributed by atoms with E-state index in [9.17, 15) is 14.4 Å². The Bertz CT molecular complexity index is 803. The van der Waals surface area contributed by atoms with Crippen LogP contribution in [0, 0.1) is 5.92 Å². The highest BCUT2D eigenvalue weighted by atomic mass is 16.5. The fraction of sp³-hybridized carbons (Fsp3) is 0.591. The van der Waals surface area contributed by atoms with Gasteiger partial charge in [0.05, 0.1) is 37.8 Å². The maximum absolute atomic E-state index is 12.5. The summed E-state index contributed by atoms with van der Waals surface area (Å²) in [4.78, 5) is 38.7. The van der Waals surface area contributed by atoms with Crippen molar-refractivity contribution in [2.45, 2.75) is 39.5 Å². The molecule has 1 aliphatic heterocycles. The molecule has 0 spiro atoms. The smallest absolute Gasteiger partial charge is 0.227 e. The maximum atomic E-state index is 12.5. The van der Waals surface area contributed by atoms with Gasteiger partial charge in [-0.1, -0.05) is 0 Å². The molecule has 1 aliphatic carbocycles. The lowest BCUT2D eigenvalue weighted by Gasteiger charge is -2.26. The Morgan fingerprint density at radius 1 is 0.968 bits per heavy atom. The first-order valence-corrected chi connectivity index (χ1v) is 10.9. The Morgan fingerprint density at radius 3 is 2.10 bits per heavy atom. The third kappa shape index (κ3) is 6.58. The second-order valence-electron chi connectivity index (χ2n) is 7.52. The van der Waals surface area contributed by atoms with Crippen LogP contribution >= 0.6 is 0 Å². The SMILES string of the molecule is CCOc1cc(NC(=O)C2CC2)c(OCC)cc1NC(=O)CCC(=O)N1CCOCC1. The molecule has 0 bridgehead atoms. The third-order valence-corrected chi connectivity index (χ3v) is 5.09. The minimum Gasteiger partial charge on any atom is -0.492 e. The number of hydrogen-bond donors (Lipinski definition) is 2. The Morgan fingerprint density at radius 2 is 1.55 bits per heavy atom. The van der Waals surface area contributed by atoms with Gasteiger partial charge in [-0.25, -0.2) is 0 Å². The number of benzene rings is 1. The molecule has 31 heavy (non-hydrogen) atoms. The molecule has 0 unspecified atom stereocenters. The van der Waals surface area contributed by atoms with E-state index in [4.69, 9.17) is 14.2 Å². The van der Waals surface area contributed by atoms with Crippen molar-refractivity contribution in [1.29, 1.82) is 0 Å². The average Bonchev–Trinajstić information content (AvgIpc) is 3.61. The van der Waals surface area contributed by atoms with E-state index >= 15 is 0 Å². The van der Waals surface area contributed by atoms with Gasteiger partial charge in [-0.3, -0.25) is 14.4 Å². The van der Waals surface area contributed by atoms with Gasteiger partial charge >= 0.3 is 0 Å². The van der Waals surface area contributed by atoms with Crippen LogP contribution in [0.3, 0.4) is 0 Å². The van der Waals surface area contributed by atoms with Gasteiger partial charge in [0.2, 0.25) is 17.7 Å². The zero-order chi connectivity index (χ0) is 22.2. The Hall–Kier alpha value is -2.81. The summed E-state index contributed by atoms with van der Waals surface area (Å²) in [6.45, 7) is 6.65. The average molecular weight is 434 g/mol. The number of hydrogen-bond acceptors (Lipinski definition) is 6. The normalized spacial score (nSPS) is 15.9. The number of carbonyl (C=O) groups excluding carboxylic acids is 3.